The Balaban J connectivity index is 2.48. The topological polar surface area (TPSA) is 61.8 Å². The highest BCUT2D eigenvalue weighted by Crippen LogP contribution is 2.63. The third-order valence-corrected chi connectivity index (χ3v) is 7.58. The second-order valence-electron chi connectivity index (χ2n) is 8.88. The summed E-state index contributed by atoms with van der Waals surface area (Å²) in [6, 6.07) is 0. The Hall–Kier alpha value is -0.525. The van der Waals surface area contributed by atoms with Crippen molar-refractivity contribution in [1.29, 1.82) is 0 Å². The minimum atomic E-state index is -0.810. The lowest BCUT2D eigenvalue weighted by Crippen LogP contribution is -2.46. The minimum absolute atomic E-state index is 0.104. The molecule has 1 aliphatic heterocycles. The molecule has 0 spiro atoms. The summed E-state index contributed by atoms with van der Waals surface area (Å²) in [5.74, 6) is 0.0556. The molecule has 1 saturated carbocycles. The van der Waals surface area contributed by atoms with Crippen molar-refractivity contribution < 1.29 is 23.6 Å². The van der Waals surface area contributed by atoms with Crippen molar-refractivity contribution in [2.45, 2.75) is 85.3 Å². The zero-order valence-electron chi connectivity index (χ0n) is 17.4. The Morgan fingerprint density at radius 1 is 1.00 bits per heavy atom. The molecule has 0 N–H and O–H groups in total. The third kappa shape index (κ3) is 3.35. The number of carbonyl (C=O) groups excluding carboxylic acids is 2. The van der Waals surface area contributed by atoms with Gasteiger partial charge >= 0.3 is 13.1 Å². The number of esters is 1. The molecule has 0 aromatic rings. The average molecular weight is 384 g/mol. The van der Waals surface area contributed by atoms with Gasteiger partial charge in [0.25, 0.3) is 0 Å². The van der Waals surface area contributed by atoms with E-state index in [4.69, 9.17) is 14.0 Å². The summed E-state index contributed by atoms with van der Waals surface area (Å²) >= 11 is 1.31. The van der Waals surface area contributed by atoms with Gasteiger partial charge in [-0.2, -0.15) is 0 Å². The second kappa shape index (κ2) is 7.14. The fourth-order valence-corrected chi connectivity index (χ4v) is 5.03. The standard InChI is InChI=1S/C19H33BO5S/c1-9-23-14(21)18(7)11-12-19(8,15(22)26-10-2)13(18)20-24-16(3,4)17(5,6)25-20/h13H,9-12H2,1-8H3. The predicted molar refractivity (Wildman–Crippen MR) is 105 cm³/mol. The van der Waals surface area contributed by atoms with E-state index < -0.39 is 29.2 Å². The van der Waals surface area contributed by atoms with Gasteiger partial charge in [-0.05, 0) is 60.1 Å². The average Bonchev–Trinajstić information content (AvgIpc) is 2.91. The predicted octanol–water partition coefficient (Wildman–Crippen LogP) is 4.10. The van der Waals surface area contributed by atoms with Crippen LogP contribution in [0.2, 0.25) is 5.82 Å². The van der Waals surface area contributed by atoms with Crippen molar-refractivity contribution in [2.75, 3.05) is 12.4 Å². The van der Waals surface area contributed by atoms with Crippen molar-refractivity contribution in [3.05, 3.63) is 0 Å². The molecule has 1 heterocycles. The van der Waals surface area contributed by atoms with Crippen LogP contribution in [0.15, 0.2) is 0 Å². The molecule has 5 nitrogen and oxygen atoms in total. The molecule has 0 aromatic heterocycles. The van der Waals surface area contributed by atoms with Crippen LogP contribution in [-0.2, 0) is 23.6 Å². The fourth-order valence-electron chi connectivity index (χ4n) is 4.21. The quantitative estimate of drug-likeness (QED) is 0.525. The summed E-state index contributed by atoms with van der Waals surface area (Å²) in [6.45, 7) is 15.9. The largest absolute Gasteiger partial charge is 0.466 e. The van der Waals surface area contributed by atoms with Crippen molar-refractivity contribution in [3.8, 4) is 0 Å². The SMILES string of the molecule is CCOC(=O)C1(C)CCC(C)(C(=O)SCC)C1B1OC(C)(C)C(C)(C)O1. The molecule has 26 heavy (non-hydrogen) atoms. The lowest BCUT2D eigenvalue weighted by Gasteiger charge is -2.38. The summed E-state index contributed by atoms with van der Waals surface area (Å²) in [4.78, 5) is 25.9. The van der Waals surface area contributed by atoms with Crippen LogP contribution in [0.3, 0.4) is 0 Å². The molecule has 2 rings (SSSR count). The van der Waals surface area contributed by atoms with E-state index >= 15 is 0 Å². The van der Waals surface area contributed by atoms with E-state index in [2.05, 4.69) is 0 Å². The summed E-state index contributed by atoms with van der Waals surface area (Å²) in [5, 5.41) is 0.104. The van der Waals surface area contributed by atoms with Crippen molar-refractivity contribution in [3.63, 3.8) is 0 Å². The second-order valence-corrected chi connectivity index (χ2v) is 10.1. The molecule has 0 amide bonds. The van der Waals surface area contributed by atoms with Gasteiger partial charge in [0.2, 0.25) is 0 Å². The summed E-state index contributed by atoms with van der Waals surface area (Å²) < 4.78 is 18.0. The van der Waals surface area contributed by atoms with E-state index in [0.29, 0.717) is 25.2 Å². The van der Waals surface area contributed by atoms with Crippen LogP contribution in [-0.4, -0.2) is 41.8 Å². The molecule has 0 aromatic carbocycles. The highest BCUT2D eigenvalue weighted by molar-refractivity contribution is 8.13. The van der Waals surface area contributed by atoms with Gasteiger partial charge in [-0.25, -0.2) is 0 Å². The van der Waals surface area contributed by atoms with Gasteiger partial charge in [-0.15, -0.1) is 0 Å². The van der Waals surface area contributed by atoms with Gasteiger partial charge < -0.3 is 14.0 Å². The van der Waals surface area contributed by atoms with Gasteiger partial charge in [-0.3, -0.25) is 9.59 Å². The van der Waals surface area contributed by atoms with Crippen LogP contribution >= 0.6 is 11.8 Å². The van der Waals surface area contributed by atoms with Crippen LogP contribution in [0.25, 0.3) is 0 Å². The monoisotopic (exact) mass is 384 g/mol. The lowest BCUT2D eigenvalue weighted by atomic mass is 9.52. The lowest BCUT2D eigenvalue weighted by molar-refractivity contribution is -0.155. The molecule has 1 aliphatic carbocycles. The number of ether oxygens (including phenoxy) is 1. The first-order valence-corrected chi connectivity index (χ1v) is 10.5. The Bertz CT molecular complexity index is 530. The molecule has 7 heteroatoms. The van der Waals surface area contributed by atoms with E-state index in [-0.39, 0.29) is 16.9 Å². The van der Waals surface area contributed by atoms with Crippen LogP contribution < -0.4 is 0 Å². The molecule has 3 atom stereocenters. The zero-order valence-corrected chi connectivity index (χ0v) is 18.2. The number of carbonyl (C=O) groups is 2. The zero-order chi connectivity index (χ0) is 20.0. The molecular weight excluding hydrogens is 351 g/mol. The molecular formula is C19H33BO5S. The van der Waals surface area contributed by atoms with Crippen LogP contribution in [0.1, 0.15) is 68.2 Å². The van der Waals surface area contributed by atoms with Crippen LogP contribution in [0.4, 0.5) is 0 Å². The normalized spacial score (nSPS) is 35.5. The highest BCUT2D eigenvalue weighted by Gasteiger charge is 2.68. The van der Waals surface area contributed by atoms with E-state index in [1.165, 1.54) is 11.8 Å². The Morgan fingerprint density at radius 2 is 1.50 bits per heavy atom. The first-order valence-electron chi connectivity index (χ1n) is 9.56. The van der Waals surface area contributed by atoms with Gasteiger partial charge in [0.05, 0.1) is 23.2 Å². The number of hydrogen-bond donors (Lipinski definition) is 0. The minimum Gasteiger partial charge on any atom is -0.466 e. The molecule has 0 bridgehead atoms. The van der Waals surface area contributed by atoms with Gasteiger partial charge in [0.1, 0.15) is 0 Å². The summed E-state index contributed by atoms with van der Waals surface area (Å²) in [5.41, 5.74) is -2.53. The Kier molecular flexibility index (Phi) is 5.98. The molecule has 0 radical (unpaired) electrons. The first-order chi connectivity index (χ1) is 11.9. The molecule has 2 aliphatic rings. The maximum atomic E-state index is 13.0. The van der Waals surface area contributed by atoms with E-state index in [1.54, 1.807) is 6.92 Å². The van der Waals surface area contributed by atoms with Gasteiger partial charge in [-0.1, -0.05) is 25.6 Å². The van der Waals surface area contributed by atoms with Gasteiger partial charge in [0.15, 0.2) is 5.12 Å². The maximum absolute atomic E-state index is 13.0. The fraction of sp³-hybridized carbons (Fsp3) is 0.895. The van der Waals surface area contributed by atoms with Crippen LogP contribution in [0, 0.1) is 10.8 Å². The Morgan fingerprint density at radius 3 is 1.96 bits per heavy atom. The number of rotatable bonds is 5. The van der Waals surface area contributed by atoms with E-state index in [1.807, 2.05) is 48.5 Å². The molecule has 2 fully saturated rings. The molecule has 148 valence electrons. The van der Waals surface area contributed by atoms with E-state index in [0.717, 1.165) is 0 Å². The summed E-state index contributed by atoms with van der Waals surface area (Å²) in [6.07, 6.45) is 1.22. The van der Waals surface area contributed by atoms with Gasteiger partial charge in [0, 0.05) is 11.2 Å². The number of thioether (sulfide) groups is 1. The number of hydrogen-bond acceptors (Lipinski definition) is 6. The Labute approximate surface area is 162 Å². The highest BCUT2D eigenvalue weighted by atomic mass is 32.2. The van der Waals surface area contributed by atoms with Crippen molar-refractivity contribution in [2.24, 2.45) is 10.8 Å². The first kappa shape index (κ1) is 21.8. The summed E-state index contributed by atoms with van der Waals surface area (Å²) in [7, 11) is -0.622. The van der Waals surface area contributed by atoms with Crippen molar-refractivity contribution >= 4 is 30.0 Å². The molecule has 3 unspecified atom stereocenters. The van der Waals surface area contributed by atoms with Crippen LogP contribution in [0.5, 0.6) is 0 Å². The maximum Gasteiger partial charge on any atom is 0.463 e. The smallest absolute Gasteiger partial charge is 0.463 e. The molecule has 1 saturated heterocycles. The van der Waals surface area contributed by atoms with E-state index in [9.17, 15) is 9.59 Å². The third-order valence-electron chi connectivity index (χ3n) is 6.56. The van der Waals surface area contributed by atoms with Crippen molar-refractivity contribution in [1.82, 2.24) is 0 Å².